The van der Waals surface area contributed by atoms with Crippen LogP contribution in [-0.2, 0) is 20.7 Å². The molecule has 2 aliphatic heterocycles. The number of hydrogen-bond donors (Lipinski definition) is 3. The molecule has 0 aromatic heterocycles. The van der Waals surface area contributed by atoms with Gasteiger partial charge in [0.1, 0.15) is 29.4 Å². The Kier molecular flexibility index (Phi) is 12.7. The molecule has 0 spiro atoms. The van der Waals surface area contributed by atoms with Gasteiger partial charge in [-0.3, -0.25) is 4.79 Å². The number of carbonyl (C=O) groups excluding carboxylic acids is 2. The molecule has 236 valence electrons. The maximum atomic E-state index is 13.7. The summed E-state index contributed by atoms with van der Waals surface area (Å²) < 4.78 is 23.2. The zero-order valence-corrected chi connectivity index (χ0v) is 26.3. The van der Waals surface area contributed by atoms with Crippen LogP contribution in [0.4, 0.5) is 0 Å². The monoisotopic (exact) mass is 589 g/mol. The molecule has 3 rings (SSSR count). The number of esters is 1. The molecule has 1 aromatic carbocycles. The lowest BCUT2D eigenvalue weighted by molar-refractivity contribution is -0.154. The minimum absolute atomic E-state index is 0.00774. The van der Waals surface area contributed by atoms with Crippen molar-refractivity contribution in [1.82, 2.24) is 5.32 Å². The Balaban J connectivity index is 1.77. The molecule has 2 aliphatic rings. The molecule has 1 amide bonds. The van der Waals surface area contributed by atoms with Gasteiger partial charge in [0, 0.05) is 18.4 Å². The first kappa shape index (κ1) is 33.9. The number of nitrogens with one attached hydrogen (secondary N) is 1. The van der Waals surface area contributed by atoms with E-state index in [2.05, 4.69) is 12.2 Å². The van der Waals surface area contributed by atoms with E-state index in [0.717, 1.165) is 12.8 Å². The first-order valence-electron chi connectivity index (χ1n) is 15.4. The van der Waals surface area contributed by atoms with Crippen molar-refractivity contribution in [1.29, 1.82) is 0 Å². The number of methoxy groups -OCH3 is 2. The van der Waals surface area contributed by atoms with Gasteiger partial charge >= 0.3 is 5.97 Å². The van der Waals surface area contributed by atoms with E-state index in [-0.39, 0.29) is 53.9 Å². The lowest BCUT2D eigenvalue weighted by atomic mass is 9.85. The number of aliphatic hydroxyl groups excluding tert-OH is 2. The molecule has 0 aliphatic carbocycles. The van der Waals surface area contributed by atoms with Gasteiger partial charge in [0.05, 0.1) is 38.4 Å². The van der Waals surface area contributed by atoms with Crippen molar-refractivity contribution in [3.8, 4) is 11.5 Å². The highest BCUT2D eigenvalue weighted by Gasteiger charge is 2.36. The van der Waals surface area contributed by atoms with E-state index in [1.54, 1.807) is 12.1 Å². The van der Waals surface area contributed by atoms with Crippen molar-refractivity contribution >= 4 is 11.9 Å². The Morgan fingerprint density at radius 2 is 1.79 bits per heavy atom. The van der Waals surface area contributed by atoms with E-state index in [1.165, 1.54) is 14.2 Å². The van der Waals surface area contributed by atoms with E-state index in [1.807, 2.05) is 39.8 Å². The number of aliphatic hydroxyl groups is 2. The first-order valence-corrected chi connectivity index (χ1v) is 15.4. The molecule has 42 heavy (non-hydrogen) atoms. The smallest absolute Gasteiger partial charge is 0.342 e. The van der Waals surface area contributed by atoms with Crippen LogP contribution < -0.4 is 14.8 Å². The number of rotatable bonds is 10. The van der Waals surface area contributed by atoms with Crippen LogP contribution in [0.15, 0.2) is 24.3 Å². The third-order valence-corrected chi connectivity index (χ3v) is 8.98. The summed E-state index contributed by atoms with van der Waals surface area (Å²) in [4.78, 5) is 26.1. The standard InChI is InChI=1S/C33H51NO8/c1-8-11-26-22(5)32(37)34-29(41-26)15-14-20(3)31(36)21(4)27-13-10-9-12-19(2)25(35)17-23-16-24(39-6)18-28(40-7)30(23)33(38)42-27/h9-10,16,18-22,25-27,29,31,35-36H,8,11-15,17H2,1-7H3,(H,34,37)/b10-9-/t19-,20+,21+,22+,25+,26-,27-,29?,31+/m0/s1. The molecule has 9 atom stereocenters. The number of ether oxygens (including phenoxy) is 4. The van der Waals surface area contributed by atoms with Gasteiger partial charge in [0.25, 0.3) is 0 Å². The number of hydrogen-bond acceptors (Lipinski definition) is 8. The van der Waals surface area contributed by atoms with Gasteiger partial charge in [-0.25, -0.2) is 4.79 Å². The maximum Gasteiger partial charge on any atom is 0.342 e. The zero-order chi connectivity index (χ0) is 31.0. The van der Waals surface area contributed by atoms with Gasteiger partial charge in [0.15, 0.2) is 0 Å². The van der Waals surface area contributed by atoms with Crippen LogP contribution in [0.25, 0.3) is 0 Å². The molecule has 1 fully saturated rings. The predicted octanol–water partition coefficient (Wildman–Crippen LogP) is 4.81. The van der Waals surface area contributed by atoms with Gasteiger partial charge in [-0.2, -0.15) is 0 Å². The number of amides is 1. The minimum atomic E-state index is -0.758. The van der Waals surface area contributed by atoms with Crippen LogP contribution in [0.3, 0.4) is 0 Å². The Morgan fingerprint density at radius 3 is 2.45 bits per heavy atom. The quantitative estimate of drug-likeness (QED) is 0.263. The van der Waals surface area contributed by atoms with Gasteiger partial charge in [-0.05, 0) is 55.6 Å². The summed E-state index contributed by atoms with van der Waals surface area (Å²) in [7, 11) is 3.02. The topological polar surface area (TPSA) is 124 Å². The molecule has 9 heteroatoms. The summed E-state index contributed by atoms with van der Waals surface area (Å²) in [6.45, 7) is 9.82. The predicted molar refractivity (Wildman–Crippen MR) is 160 cm³/mol. The fraction of sp³-hybridized carbons (Fsp3) is 0.697. The number of allylic oxidation sites excluding steroid dienone is 1. The normalized spacial score (nSPS) is 29.9. The number of fused-ring (bicyclic) bond motifs is 1. The van der Waals surface area contributed by atoms with Crippen molar-refractivity contribution < 1.29 is 38.7 Å². The van der Waals surface area contributed by atoms with Crippen molar-refractivity contribution in [2.24, 2.45) is 23.7 Å². The summed E-state index contributed by atoms with van der Waals surface area (Å²) in [6.07, 6.45) is 5.78. The molecular formula is C33H51NO8. The Labute approximate surface area is 250 Å². The van der Waals surface area contributed by atoms with Crippen molar-refractivity contribution in [2.75, 3.05) is 14.2 Å². The first-order chi connectivity index (χ1) is 20.0. The molecule has 0 bridgehead atoms. The van der Waals surface area contributed by atoms with E-state index >= 15 is 0 Å². The summed E-state index contributed by atoms with van der Waals surface area (Å²) in [5.74, 6) is -0.440. The Morgan fingerprint density at radius 1 is 1.07 bits per heavy atom. The third kappa shape index (κ3) is 8.48. The number of benzene rings is 1. The Bertz CT molecular complexity index is 1070. The molecule has 1 unspecified atom stereocenters. The molecule has 0 radical (unpaired) electrons. The second-order valence-corrected chi connectivity index (χ2v) is 12.2. The second-order valence-electron chi connectivity index (χ2n) is 12.2. The molecule has 2 heterocycles. The molecule has 9 nitrogen and oxygen atoms in total. The fourth-order valence-electron chi connectivity index (χ4n) is 5.90. The van der Waals surface area contributed by atoms with Crippen LogP contribution in [0.2, 0.25) is 0 Å². The highest BCUT2D eigenvalue weighted by molar-refractivity contribution is 5.95. The average molecular weight is 590 g/mol. The van der Waals surface area contributed by atoms with Gasteiger partial charge in [-0.1, -0.05) is 53.2 Å². The second kappa shape index (κ2) is 15.7. The number of cyclic esters (lactones) is 1. The van der Waals surface area contributed by atoms with E-state index in [9.17, 15) is 19.8 Å². The van der Waals surface area contributed by atoms with E-state index < -0.39 is 24.3 Å². The highest BCUT2D eigenvalue weighted by atomic mass is 16.5. The van der Waals surface area contributed by atoms with Crippen LogP contribution in [-0.4, -0.2) is 67.0 Å². The summed E-state index contributed by atoms with van der Waals surface area (Å²) in [6, 6.07) is 3.37. The van der Waals surface area contributed by atoms with E-state index in [4.69, 9.17) is 18.9 Å². The Hall–Kier alpha value is -2.62. The summed E-state index contributed by atoms with van der Waals surface area (Å²) >= 11 is 0. The maximum absolute atomic E-state index is 13.7. The van der Waals surface area contributed by atoms with Crippen molar-refractivity contribution in [2.45, 2.75) is 110 Å². The van der Waals surface area contributed by atoms with Crippen molar-refractivity contribution in [3.05, 3.63) is 35.4 Å². The van der Waals surface area contributed by atoms with Gasteiger partial charge in [-0.15, -0.1) is 0 Å². The zero-order valence-electron chi connectivity index (χ0n) is 26.3. The molecule has 3 N–H and O–H groups in total. The molecule has 1 saturated heterocycles. The fourth-order valence-corrected chi connectivity index (χ4v) is 5.90. The van der Waals surface area contributed by atoms with Gasteiger partial charge in [0.2, 0.25) is 5.91 Å². The molecule has 0 saturated carbocycles. The summed E-state index contributed by atoms with van der Waals surface area (Å²) in [5, 5.41) is 25.2. The minimum Gasteiger partial charge on any atom is -0.497 e. The largest absolute Gasteiger partial charge is 0.497 e. The molecular weight excluding hydrogens is 538 g/mol. The van der Waals surface area contributed by atoms with Crippen LogP contribution >= 0.6 is 0 Å². The lowest BCUT2D eigenvalue weighted by Gasteiger charge is -2.36. The summed E-state index contributed by atoms with van der Waals surface area (Å²) in [5.41, 5.74) is 0.848. The SMILES string of the molecule is CCC[C@@H]1OC(CC[C@@H](C)[C@@H](O)[C@H](C)[C@@H]2C/C=C\C[C@H](C)[C@H](O)Cc3cc(OC)cc(OC)c3C(=O)O2)NC(=O)[C@@H]1C. The van der Waals surface area contributed by atoms with Crippen molar-refractivity contribution in [3.63, 3.8) is 0 Å². The lowest BCUT2D eigenvalue weighted by Crippen LogP contribution is -2.52. The van der Waals surface area contributed by atoms with Gasteiger partial charge < -0.3 is 34.5 Å². The van der Waals surface area contributed by atoms with Crippen LogP contribution in [0.5, 0.6) is 11.5 Å². The van der Waals surface area contributed by atoms with Crippen LogP contribution in [0.1, 0.15) is 89.1 Å². The highest BCUT2D eigenvalue weighted by Crippen LogP contribution is 2.34. The number of carbonyl (C=O) groups is 2. The van der Waals surface area contributed by atoms with E-state index in [0.29, 0.717) is 42.7 Å². The third-order valence-electron chi connectivity index (χ3n) is 8.98. The molecule has 1 aromatic rings. The average Bonchev–Trinajstić information content (AvgIpc) is 2.97. The van der Waals surface area contributed by atoms with Crippen LogP contribution in [0, 0.1) is 23.7 Å².